The van der Waals surface area contributed by atoms with E-state index in [4.69, 9.17) is 11.6 Å². The van der Waals surface area contributed by atoms with E-state index in [2.05, 4.69) is 9.72 Å². The third kappa shape index (κ3) is 2.92. The zero-order valence-electron chi connectivity index (χ0n) is 6.86. The van der Waals surface area contributed by atoms with Gasteiger partial charge in [0.25, 0.3) is 0 Å². The molecule has 84 valence electrons. The summed E-state index contributed by atoms with van der Waals surface area (Å²) in [6.07, 6.45) is -4.05. The third-order valence-electron chi connectivity index (χ3n) is 1.36. The fourth-order valence-electron chi connectivity index (χ4n) is 0.810. The van der Waals surface area contributed by atoms with Crippen molar-refractivity contribution in [3.63, 3.8) is 0 Å². The Labute approximate surface area is 85.6 Å². The number of hydrogen-bond acceptors (Lipinski definition) is 2. The maximum absolute atomic E-state index is 12.2. The van der Waals surface area contributed by atoms with Gasteiger partial charge in [-0.1, -0.05) is 11.6 Å². The lowest BCUT2D eigenvalue weighted by atomic mass is 10.2. The van der Waals surface area contributed by atoms with E-state index >= 15 is 0 Å². The Balaban J connectivity index is 3.12. The second kappa shape index (κ2) is 4.18. The maximum Gasteiger partial charge on any atom is 0.418 e. The molecule has 2 nitrogen and oxygen atoms in total. The smallest absolute Gasteiger partial charge is 0.415 e. The van der Waals surface area contributed by atoms with Crippen LogP contribution in [-0.2, 0) is 6.18 Å². The van der Waals surface area contributed by atoms with Gasteiger partial charge in [-0.15, -0.1) is 0 Å². The zero-order chi connectivity index (χ0) is 11.6. The summed E-state index contributed by atoms with van der Waals surface area (Å²) in [6.45, 7) is -3.28. The molecule has 0 aliphatic rings. The van der Waals surface area contributed by atoms with Crippen LogP contribution in [0.3, 0.4) is 0 Å². The Kier molecular flexibility index (Phi) is 3.33. The van der Waals surface area contributed by atoms with Crippen LogP contribution in [0, 0.1) is 0 Å². The molecule has 1 heterocycles. The predicted octanol–water partition coefficient (Wildman–Crippen LogP) is 3.36. The fraction of sp³-hybridized carbons (Fsp3) is 0.286. The highest BCUT2D eigenvalue weighted by Gasteiger charge is 2.35. The Morgan fingerprint density at radius 2 is 1.93 bits per heavy atom. The minimum Gasteiger partial charge on any atom is -0.415 e. The largest absolute Gasteiger partial charge is 0.418 e. The molecule has 0 atom stereocenters. The predicted molar refractivity (Wildman–Crippen MR) is 40.9 cm³/mol. The van der Waals surface area contributed by atoms with Gasteiger partial charge in [0.05, 0.1) is 5.56 Å². The molecule has 0 N–H and O–H groups in total. The van der Waals surface area contributed by atoms with E-state index in [1.54, 1.807) is 0 Å². The lowest BCUT2D eigenvalue weighted by Gasteiger charge is -2.11. The quantitative estimate of drug-likeness (QED) is 0.748. The first-order chi connectivity index (χ1) is 6.82. The van der Waals surface area contributed by atoms with Crippen LogP contribution in [0.4, 0.5) is 22.0 Å². The molecule has 0 aliphatic heterocycles. The number of ether oxygens (including phenoxy) is 1. The van der Waals surface area contributed by atoms with E-state index in [1.165, 1.54) is 0 Å². The van der Waals surface area contributed by atoms with Gasteiger partial charge in [-0.25, -0.2) is 4.98 Å². The van der Waals surface area contributed by atoms with Crippen molar-refractivity contribution in [1.82, 2.24) is 4.98 Å². The molecule has 0 amide bonds. The van der Waals surface area contributed by atoms with E-state index in [0.29, 0.717) is 12.3 Å². The van der Waals surface area contributed by atoms with Gasteiger partial charge in [0, 0.05) is 6.20 Å². The topological polar surface area (TPSA) is 22.1 Å². The summed E-state index contributed by atoms with van der Waals surface area (Å²) in [7, 11) is 0. The molecular weight excluding hydrogens is 245 g/mol. The first-order valence-electron chi connectivity index (χ1n) is 3.49. The van der Waals surface area contributed by atoms with Crippen LogP contribution in [0.25, 0.3) is 0 Å². The second-order valence-corrected chi connectivity index (χ2v) is 2.73. The highest BCUT2D eigenvalue weighted by molar-refractivity contribution is 6.32. The van der Waals surface area contributed by atoms with Crippen LogP contribution < -0.4 is 4.74 Å². The van der Waals surface area contributed by atoms with Crippen molar-refractivity contribution in [2.24, 2.45) is 0 Å². The minimum absolute atomic E-state index is 0.570. The summed E-state index contributed by atoms with van der Waals surface area (Å²) in [4.78, 5) is 3.16. The molecule has 0 spiro atoms. The molecule has 1 rings (SSSR count). The normalized spacial score (nSPS) is 11.9. The van der Waals surface area contributed by atoms with Gasteiger partial charge in [-0.3, -0.25) is 0 Å². The summed E-state index contributed by atoms with van der Waals surface area (Å²) in [5, 5.41) is -0.981. The molecule has 0 saturated heterocycles. The van der Waals surface area contributed by atoms with Gasteiger partial charge in [-0.2, -0.15) is 22.0 Å². The molecule has 0 aromatic carbocycles. The number of hydrogen-bond donors (Lipinski definition) is 0. The van der Waals surface area contributed by atoms with Gasteiger partial charge in [-0.05, 0) is 6.07 Å². The van der Waals surface area contributed by atoms with E-state index in [1.807, 2.05) is 0 Å². The van der Waals surface area contributed by atoms with Gasteiger partial charge in [0.2, 0.25) is 5.88 Å². The van der Waals surface area contributed by atoms with Gasteiger partial charge in [0.15, 0.2) is 0 Å². The monoisotopic (exact) mass is 247 g/mol. The highest BCUT2D eigenvalue weighted by Crippen LogP contribution is 2.38. The third-order valence-corrected chi connectivity index (χ3v) is 1.73. The molecule has 0 aliphatic carbocycles. The molecule has 1 aromatic rings. The minimum atomic E-state index is -4.74. The average molecular weight is 248 g/mol. The Morgan fingerprint density at radius 1 is 1.33 bits per heavy atom. The molecule has 8 heteroatoms. The standard InChI is InChI=1S/C7H3ClF5NO/c8-4-3(7(11,12)13)1-2-14-5(4)15-6(9)10/h1-2,6H. The number of alkyl halides is 5. The van der Waals surface area contributed by atoms with Gasteiger partial charge in [0.1, 0.15) is 5.02 Å². The fourth-order valence-corrected chi connectivity index (χ4v) is 1.07. The Morgan fingerprint density at radius 3 is 2.40 bits per heavy atom. The summed E-state index contributed by atoms with van der Waals surface area (Å²) in [6, 6.07) is 0.570. The van der Waals surface area contributed by atoms with Crippen LogP contribution in [0.2, 0.25) is 5.02 Å². The zero-order valence-corrected chi connectivity index (χ0v) is 7.61. The van der Waals surface area contributed by atoms with Crippen LogP contribution in [0.1, 0.15) is 5.56 Å². The van der Waals surface area contributed by atoms with Crippen LogP contribution >= 0.6 is 11.6 Å². The lowest BCUT2D eigenvalue weighted by molar-refractivity contribution is -0.138. The molecular formula is C7H3ClF5NO. The Bertz CT molecular complexity index is 354. The molecule has 0 radical (unpaired) electrons. The van der Waals surface area contributed by atoms with E-state index in [9.17, 15) is 22.0 Å². The molecule has 0 fully saturated rings. The maximum atomic E-state index is 12.2. The average Bonchev–Trinajstić information content (AvgIpc) is 2.05. The number of rotatable bonds is 2. The molecule has 0 bridgehead atoms. The van der Waals surface area contributed by atoms with Gasteiger partial charge >= 0.3 is 12.8 Å². The van der Waals surface area contributed by atoms with Crippen molar-refractivity contribution in [1.29, 1.82) is 0 Å². The van der Waals surface area contributed by atoms with E-state index < -0.39 is 29.3 Å². The van der Waals surface area contributed by atoms with E-state index in [-0.39, 0.29) is 0 Å². The first kappa shape index (κ1) is 12.0. The van der Waals surface area contributed by atoms with Gasteiger partial charge < -0.3 is 4.74 Å². The summed E-state index contributed by atoms with van der Waals surface area (Å²) < 4.78 is 63.8. The number of pyridine rings is 1. The SMILES string of the molecule is FC(F)Oc1nccc(C(F)(F)F)c1Cl. The van der Waals surface area contributed by atoms with Crippen LogP contribution in [-0.4, -0.2) is 11.6 Å². The Hall–Kier alpha value is -1.11. The summed E-state index contributed by atoms with van der Waals surface area (Å²) in [5.41, 5.74) is -1.27. The molecule has 15 heavy (non-hydrogen) atoms. The van der Waals surface area contributed by atoms with Crippen LogP contribution in [0.5, 0.6) is 5.88 Å². The van der Waals surface area contributed by atoms with Crippen LogP contribution in [0.15, 0.2) is 12.3 Å². The number of aromatic nitrogens is 1. The highest BCUT2D eigenvalue weighted by atomic mass is 35.5. The molecule has 1 aromatic heterocycles. The molecule has 0 saturated carbocycles. The van der Waals surface area contributed by atoms with Crippen molar-refractivity contribution < 1.29 is 26.7 Å². The van der Waals surface area contributed by atoms with Crippen molar-refractivity contribution >= 4 is 11.6 Å². The van der Waals surface area contributed by atoms with Crippen molar-refractivity contribution in [2.75, 3.05) is 0 Å². The summed E-state index contributed by atoms with van der Waals surface area (Å²) in [5.74, 6) is -0.943. The number of nitrogens with zero attached hydrogens (tertiary/aromatic N) is 1. The van der Waals surface area contributed by atoms with Crippen molar-refractivity contribution in [3.8, 4) is 5.88 Å². The van der Waals surface area contributed by atoms with E-state index in [0.717, 1.165) is 0 Å². The summed E-state index contributed by atoms with van der Waals surface area (Å²) >= 11 is 5.20. The molecule has 0 unspecified atom stereocenters. The van der Waals surface area contributed by atoms with Crippen molar-refractivity contribution in [3.05, 3.63) is 22.8 Å². The first-order valence-corrected chi connectivity index (χ1v) is 3.86. The second-order valence-electron chi connectivity index (χ2n) is 2.35. The van der Waals surface area contributed by atoms with Crippen molar-refractivity contribution in [2.45, 2.75) is 12.8 Å². The number of halogens is 6. The lowest BCUT2D eigenvalue weighted by Crippen LogP contribution is -2.10.